The number of rotatable bonds is 7. The molecule has 0 spiro atoms. The van der Waals surface area contributed by atoms with Gasteiger partial charge >= 0.3 is 0 Å². The van der Waals surface area contributed by atoms with Gasteiger partial charge in [-0.25, -0.2) is 0 Å². The largest absolute Gasteiger partial charge is 0.495 e. The number of hydrogen-bond acceptors (Lipinski definition) is 6. The molecule has 31 heavy (non-hydrogen) atoms. The number of thioether (sulfide) groups is 1. The first-order valence-corrected chi connectivity index (χ1v) is 11.1. The number of benzene rings is 2. The zero-order valence-electron chi connectivity index (χ0n) is 16.7. The Kier molecular flexibility index (Phi) is 6.41. The van der Waals surface area contributed by atoms with Crippen LogP contribution in [0.4, 0.5) is 5.69 Å². The number of anilines is 1. The average Bonchev–Trinajstić information content (AvgIpc) is 3.35. The van der Waals surface area contributed by atoms with E-state index < -0.39 is 0 Å². The molecule has 0 saturated carbocycles. The number of amides is 1. The van der Waals surface area contributed by atoms with Gasteiger partial charge in [0, 0.05) is 22.0 Å². The quantitative estimate of drug-likeness (QED) is 0.341. The lowest BCUT2D eigenvalue weighted by Crippen LogP contribution is -2.15. The van der Waals surface area contributed by atoms with Gasteiger partial charge in [0.05, 0.1) is 18.6 Å². The fraction of sp³-hybridized carbons (Fsp3) is 0.190. The highest BCUT2D eigenvalue weighted by Crippen LogP contribution is 2.31. The van der Waals surface area contributed by atoms with Crippen molar-refractivity contribution in [2.24, 2.45) is 0 Å². The number of nitrogens with zero attached hydrogens (tertiary/aromatic N) is 3. The van der Waals surface area contributed by atoms with Gasteiger partial charge in [-0.2, -0.15) is 0 Å². The molecule has 1 N–H and O–H groups in total. The molecule has 2 aromatic heterocycles. The second-order valence-corrected chi connectivity index (χ2v) is 8.34. The van der Waals surface area contributed by atoms with Crippen molar-refractivity contribution in [3.8, 4) is 17.3 Å². The van der Waals surface area contributed by atoms with Crippen LogP contribution in [-0.4, -0.2) is 33.5 Å². The summed E-state index contributed by atoms with van der Waals surface area (Å²) >= 11 is 13.4. The van der Waals surface area contributed by atoms with Crippen LogP contribution in [0.1, 0.15) is 6.92 Å². The first-order valence-electron chi connectivity index (χ1n) is 9.37. The highest BCUT2D eigenvalue weighted by atomic mass is 35.5. The predicted octanol–water partition coefficient (Wildman–Crippen LogP) is 5.76. The van der Waals surface area contributed by atoms with E-state index in [-0.39, 0.29) is 11.7 Å². The first kappa shape index (κ1) is 21.5. The monoisotopic (exact) mass is 476 g/mol. The molecule has 0 aliphatic rings. The van der Waals surface area contributed by atoms with Gasteiger partial charge < -0.3 is 14.5 Å². The summed E-state index contributed by atoms with van der Waals surface area (Å²) < 4.78 is 13.1. The van der Waals surface area contributed by atoms with Crippen molar-refractivity contribution in [1.82, 2.24) is 14.8 Å². The maximum absolute atomic E-state index is 12.5. The summed E-state index contributed by atoms with van der Waals surface area (Å²) in [4.78, 5) is 12.5. The summed E-state index contributed by atoms with van der Waals surface area (Å²) in [5, 5.41) is 14.0. The second kappa shape index (κ2) is 9.21. The Hall–Kier alpha value is -2.68. The van der Waals surface area contributed by atoms with Crippen molar-refractivity contribution in [1.29, 1.82) is 0 Å². The number of ether oxygens (including phenoxy) is 1. The summed E-state index contributed by atoms with van der Waals surface area (Å²) in [7, 11) is 1.53. The molecular formula is C21H18Cl2N4O3S. The number of carbonyl (C=O) groups is 1. The maximum Gasteiger partial charge on any atom is 0.234 e. The zero-order chi connectivity index (χ0) is 22.0. The minimum atomic E-state index is -0.212. The third kappa shape index (κ3) is 4.66. The van der Waals surface area contributed by atoms with Crippen LogP contribution < -0.4 is 10.1 Å². The maximum atomic E-state index is 12.5. The van der Waals surface area contributed by atoms with E-state index in [1.807, 2.05) is 29.7 Å². The van der Waals surface area contributed by atoms with Crippen molar-refractivity contribution in [3.63, 3.8) is 0 Å². The zero-order valence-corrected chi connectivity index (χ0v) is 19.0. The molecule has 0 saturated heterocycles. The van der Waals surface area contributed by atoms with Gasteiger partial charge in [-0.3, -0.25) is 9.36 Å². The summed E-state index contributed by atoms with van der Waals surface area (Å²) in [5.41, 5.74) is 1.23. The van der Waals surface area contributed by atoms with Gasteiger partial charge in [-0.1, -0.05) is 35.0 Å². The minimum absolute atomic E-state index is 0.142. The van der Waals surface area contributed by atoms with E-state index in [0.29, 0.717) is 50.4 Å². The fourth-order valence-corrected chi connectivity index (χ4v) is 4.24. The molecule has 160 valence electrons. The molecule has 2 heterocycles. The Morgan fingerprint density at radius 1 is 1.16 bits per heavy atom. The molecule has 0 fully saturated rings. The highest BCUT2D eigenvalue weighted by molar-refractivity contribution is 7.99. The predicted molar refractivity (Wildman–Crippen MR) is 123 cm³/mol. The van der Waals surface area contributed by atoms with Crippen LogP contribution in [0.3, 0.4) is 0 Å². The van der Waals surface area contributed by atoms with E-state index in [2.05, 4.69) is 15.5 Å². The van der Waals surface area contributed by atoms with E-state index >= 15 is 0 Å². The second-order valence-electron chi connectivity index (χ2n) is 6.52. The van der Waals surface area contributed by atoms with E-state index in [4.69, 9.17) is 32.4 Å². The Balaban J connectivity index is 1.50. The van der Waals surface area contributed by atoms with Crippen molar-refractivity contribution < 1.29 is 13.9 Å². The highest BCUT2D eigenvalue weighted by Gasteiger charge is 2.18. The SMILES string of the molecule is CCn1c(SCC(=O)Nc2cc(Cl)ccc2OC)nnc1-c1cc2cc(Cl)ccc2o1. The normalized spacial score (nSPS) is 11.1. The van der Waals surface area contributed by atoms with Crippen LogP contribution in [0, 0.1) is 0 Å². The van der Waals surface area contributed by atoms with E-state index in [1.165, 1.54) is 18.9 Å². The fourth-order valence-electron chi connectivity index (χ4n) is 3.08. The average molecular weight is 477 g/mol. The molecule has 10 heteroatoms. The molecule has 0 aliphatic heterocycles. The van der Waals surface area contributed by atoms with Crippen molar-refractivity contribution in [2.45, 2.75) is 18.6 Å². The van der Waals surface area contributed by atoms with E-state index in [9.17, 15) is 4.79 Å². The molecule has 0 aliphatic carbocycles. The van der Waals surface area contributed by atoms with Gasteiger partial charge in [0.2, 0.25) is 11.7 Å². The van der Waals surface area contributed by atoms with Crippen molar-refractivity contribution >= 4 is 57.5 Å². The Morgan fingerprint density at radius 2 is 1.94 bits per heavy atom. The van der Waals surface area contributed by atoms with E-state index in [0.717, 1.165) is 5.39 Å². The van der Waals surface area contributed by atoms with Crippen LogP contribution in [-0.2, 0) is 11.3 Å². The number of carbonyl (C=O) groups excluding carboxylic acids is 1. The number of aromatic nitrogens is 3. The lowest BCUT2D eigenvalue weighted by Gasteiger charge is -2.10. The van der Waals surface area contributed by atoms with Gasteiger partial charge in [-0.05, 0) is 49.4 Å². The molecule has 0 atom stereocenters. The van der Waals surface area contributed by atoms with E-state index in [1.54, 1.807) is 24.3 Å². The molecular weight excluding hydrogens is 459 g/mol. The van der Waals surface area contributed by atoms with Gasteiger partial charge in [-0.15, -0.1) is 10.2 Å². The summed E-state index contributed by atoms with van der Waals surface area (Å²) in [5.74, 6) is 1.65. The van der Waals surface area contributed by atoms with Gasteiger partial charge in [0.15, 0.2) is 10.9 Å². The van der Waals surface area contributed by atoms with Gasteiger partial charge in [0.1, 0.15) is 11.3 Å². The van der Waals surface area contributed by atoms with Crippen molar-refractivity contribution in [2.75, 3.05) is 18.2 Å². The molecule has 0 bridgehead atoms. The van der Waals surface area contributed by atoms with Crippen LogP contribution in [0.2, 0.25) is 10.0 Å². The molecule has 7 nitrogen and oxygen atoms in total. The Labute approximate surface area is 192 Å². The molecule has 1 amide bonds. The standard InChI is InChI=1S/C21H18Cl2N4O3S/c1-3-27-20(18-9-12-8-13(22)4-6-16(12)30-18)25-26-21(27)31-11-19(28)24-15-10-14(23)5-7-17(15)29-2/h4-10H,3,11H2,1-2H3,(H,24,28). The molecule has 0 radical (unpaired) electrons. The smallest absolute Gasteiger partial charge is 0.234 e. The number of fused-ring (bicyclic) bond motifs is 1. The topological polar surface area (TPSA) is 82.2 Å². The summed E-state index contributed by atoms with van der Waals surface area (Å²) in [6.45, 7) is 2.60. The molecule has 4 rings (SSSR count). The number of halogens is 2. The molecule has 4 aromatic rings. The third-order valence-electron chi connectivity index (χ3n) is 4.50. The number of methoxy groups -OCH3 is 1. The number of hydrogen-bond donors (Lipinski definition) is 1. The summed E-state index contributed by atoms with van der Waals surface area (Å²) in [6.07, 6.45) is 0. The Bertz CT molecular complexity index is 1250. The van der Waals surface area contributed by atoms with Crippen LogP contribution in [0.25, 0.3) is 22.6 Å². The van der Waals surface area contributed by atoms with Crippen molar-refractivity contribution in [3.05, 3.63) is 52.5 Å². The van der Waals surface area contributed by atoms with Crippen LogP contribution >= 0.6 is 35.0 Å². The number of furan rings is 1. The lowest BCUT2D eigenvalue weighted by molar-refractivity contribution is -0.113. The number of nitrogens with one attached hydrogen (secondary N) is 1. The third-order valence-corrected chi connectivity index (χ3v) is 5.94. The van der Waals surface area contributed by atoms with Crippen LogP contribution in [0.5, 0.6) is 5.75 Å². The van der Waals surface area contributed by atoms with Crippen LogP contribution in [0.15, 0.2) is 52.0 Å². The molecule has 2 aromatic carbocycles. The van der Waals surface area contributed by atoms with Gasteiger partial charge in [0.25, 0.3) is 0 Å². The minimum Gasteiger partial charge on any atom is -0.495 e. The molecule has 0 unspecified atom stereocenters. The lowest BCUT2D eigenvalue weighted by atomic mass is 10.2. The first-order chi connectivity index (χ1) is 15.0. The summed E-state index contributed by atoms with van der Waals surface area (Å²) in [6, 6.07) is 12.3. The Morgan fingerprint density at radius 3 is 2.71 bits per heavy atom.